The Hall–Kier alpha value is -1.96. The summed E-state index contributed by atoms with van der Waals surface area (Å²) in [6.45, 7) is 6.40. The molecule has 1 aromatic rings. The van der Waals surface area contributed by atoms with Crippen LogP contribution in [0.25, 0.3) is 0 Å². The Balaban J connectivity index is 2.39. The number of rotatable bonds is 19. The minimum Gasteiger partial charge on any atom is -0.480 e. The van der Waals surface area contributed by atoms with Crippen LogP contribution in [0.2, 0.25) is 0 Å². The zero-order valence-electron chi connectivity index (χ0n) is 19.5. The SMILES string of the molecule is C=C(CCc1ccc(N(CCCl)CCCl)cc1)NC(CCCCNC(=O)CCOC)C(=O)O. The number of nitrogens with one attached hydrogen (secondary N) is 2. The van der Waals surface area contributed by atoms with Crippen LogP contribution in [0.3, 0.4) is 0 Å². The maximum atomic E-state index is 11.6. The van der Waals surface area contributed by atoms with Crippen molar-refractivity contribution in [3.05, 3.63) is 42.1 Å². The lowest BCUT2D eigenvalue weighted by Crippen LogP contribution is -2.36. The highest BCUT2D eigenvalue weighted by molar-refractivity contribution is 6.18. The van der Waals surface area contributed by atoms with Crippen molar-refractivity contribution in [1.29, 1.82) is 0 Å². The molecule has 7 nitrogen and oxygen atoms in total. The number of carboxylic acid groups (broad SMARTS) is 1. The van der Waals surface area contributed by atoms with E-state index in [1.54, 1.807) is 7.11 Å². The van der Waals surface area contributed by atoms with Gasteiger partial charge in [0.15, 0.2) is 0 Å². The van der Waals surface area contributed by atoms with Crippen molar-refractivity contribution in [2.24, 2.45) is 0 Å². The van der Waals surface area contributed by atoms with Gasteiger partial charge in [0.1, 0.15) is 6.04 Å². The van der Waals surface area contributed by atoms with Gasteiger partial charge in [0, 0.05) is 56.3 Å². The molecular weight excluding hydrogens is 465 g/mol. The Morgan fingerprint density at radius 1 is 1.12 bits per heavy atom. The smallest absolute Gasteiger partial charge is 0.326 e. The number of ether oxygens (including phenoxy) is 1. The van der Waals surface area contributed by atoms with Crippen LogP contribution in [-0.4, -0.2) is 68.1 Å². The van der Waals surface area contributed by atoms with Gasteiger partial charge in [-0.15, -0.1) is 23.2 Å². The molecule has 186 valence electrons. The lowest BCUT2D eigenvalue weighted by atomic mass is 10.1. The summed E-state index contributed by atoms with van der Waals surface area (Å²) in [6, 6.07) is 7.54. The maximum absolute atomic E-state index is 11.6. The average molecular weight is 502 g/mol. The van der Waals surface area contributed by atoms with E-state index in [2.05, 4.69) is 46.4 Å². The number of halogens is 2. The zero-order chi connectivity index (χ0) is 24.5. The number of carbonyl (C=O) groups excluding carboxylic acids is 1. The second-order valence-corrected chi connectivity index (χ2v) is 8.51. The van der Waals surface area contributed by atoms with Crippen LogP contribution in [-0.2, 0) is 20.7 Å². The van der Waals surface area contributed by atoms with Crippen molar-refractivity contribution in [3.63, 3.8) is 0 Å². The van der Waals surface area contributed by atoms with E-state index in [0.717, 1.165) is 30.8 Å². The van der Waals surface area contributed by atoms with E-state index in [1.807, 2.05) is 0 Å². The van der Waals surface area contributed by atoms with Gasteiger partial charge < -0.3 is 25.4 Å². The van der Waals surface area contributed by atoms with E-state index >= 15 is 0 Å². The van der Waals surface area contributed by atoms with Crippen LogP contribution in [0.1, 0.15) is 37.7 Å². The molecule has 0 saturated carbocycles. The van der Waals surface area contributed by atoms with E-state index in [-0.39, 0.29) is 5.91 Å². The second-order valence-electron chi connectivity index (χ2n) is 7.76. The predicted octanol–water partition coefficient (Wildman–Crippen LogP) is 3.78. The Bertz CT molecular complexity index is 710. The van der Waals surface area contributed by atoms with Gasteiger partial charge in [-0.25, -0.2) is 4.79 Å². The fourth-order valence-corrected chi connectivity index (χ4v) is 3.71. The molecule has 0 radical (unpaired) electrons. The normalized spacial score (nSPS) is 11.6. The summed E-state index contributed by atoms with van der Waals surface area (Å²) in [5.74, 6) is 0.121. The third-order valence-electron chi connectivity index (χ3n) is 5.18. The number of amides is 1. The van der Waals surface area contributed by atoms with E-state index in [0.29, 0.717) is 62.7 Å². The van der Waals surface area contributed by atoms with Crippen LogP contribution in [0, 0.1) is 0 Å². The lowest BCUT2D eigenvalue weighted by Gasteiger charge is -2.23. The van der Waals surface area contributed by atoms with Gasteiger partial charge in [-0.1, -0.05) is 18.7 Å². The van der Waals surface area contributed by atoms with Crippen LogP contribution in [0.4, 0.5) is 5.69 Å². The number of nitrogens with zero attached hydrogens (tertiary/aromatic N) is 1. The number of carbonyl (C=O) groups is 2. The Labute approximate surface area is 207 Å². The molecule has 1 aromatic carbocycles. The molecule has 0 spiro atoms. The van der Waals surface area contributed by atoms with Gasteiger partial charge in [0.25, 0.3) is 0 Å². The molecule has 0 bridgehead atoms. The number of aliphatic carboxylic acids is 1. The predicted molar refractivity (Wildman–Crippen MR) is 135 cm³/mol. The van der Waals surface area contributed by atoms with Crippen molar-refractivity contribution in [2.45, 2.75) is 44.6 Å². The van der Waals surface area contributed by atoms with Crippen LogP contribution >= 0.6 is 23.2 Å². The van der Waals surface area contributed by atoms with E-state index < -0.39 is 12.0 Å². The first kappa shape index (κ1) is 29.1. The number of unbranched alkanes of at least 4 members (excludes halogenated alkanes) is 1. The minimum absolute atomic E-state index is 0.0584. The molecule has 1 rings (SSSR count). The standard InChI is InChI=1S/C24H37Cl2N3O4/c1-19(6-7-20-8-10-21(11-9-20)29(16-13-25)17-14-26)28-22(24(31)32)5-3-4-15-27-23(30)12-18-33-2/h8-11,22,28H,1,3-7,12-18H2,2H3,(H,27,30)(H,31,32). The molecule has 1 atom stereocenters. The highest BCUT2D eigenvalue weighted by atomic mass is 35.5. The van der Waals surface area contributed by atoms with Gasteiger partial charge >= 0.3 is 5.97 Å². The number of hydrogen-bond donors (Lipinski definition) is 3. The van der Waals surface area contributed by atoms with Crippen LogP contribution in [0.15, 0.2) is 36.5 Å². The zero-order valence-corrected chi connectivity index (χ0v) is 21.0. The van der Waals surface area contributed by atoms with Crippen LogP contribution < -0.4 is 15.5 Å². The summed E-state index contributed by atoms with van der Waals surface area (Å²) in [5.41, 5.74) is 2.93. The lowest BCUT2D eigenvalue weighted by molar-refractivity contribution is -0.139. The fourth-order valence-electron chi connectivity index (χ4n) is 3.30. The summed E-state index contributed by atoms with van der Waals surface area (Å²) in [5, 5.41) is 15.4. The molecule has 0 saturated heterocycles. The molecule has 0 aromatic heterocycles. The number of hydrogen-bond acceptors (Lipinski definition) is 5. The van der Waals surface area contributed by atoms with Crippen LogP contribution in [0.5, 0.6) is 0 Å². The number of allylic oxidation sites excluding steroid dienone is 1. The summed E-state index contributed by atoms with van der Waals surface area (Å²) in [4.78, 5) is 25.3. The average Bonchev–Trinajstić information content (AvgIpc) is 2.80. The minimum atomic E-state index is -0.900. The summed E-state index contributed by atoms with van der Waals surface area (Å²) >= 11 is 11.7. The molecule has 9 heteroatoms. The number of anilines is 1. The topological polar surface area (TPSA) is 90.9 Å². The first-order valence-corrected chi connectivity index (χ1v) is 12.4. The molecule has 0 fully saturated rings. The van der Waals surface area contributed by atoms with Gasteiger partial charge in [-0.2, -0.15) is 0 Å². The number of methoxy groups -OCH3 is 1. The molecule has 0 aliphatic carbocycles. The number of aryl methyl sites for hydroxylation is 1. The summed E-state index contributed by atoms with van der Waals surface area (Å²) in [6.07, 6.45) is 3.60. The van der Waals surface area contributed by atoms with Gasteiger partial charge in [0.05, 0.1) is 6.61 Å². The number of benzene rings is 1. The summed E-state index contributed by atoms with van der Waals surface area (Å²) < 4.78 is 4.86. The second kappa shape index (κ2) is 17.5. The molecule has 1 unspecified atom stereocenters. The van der Waals surface area contributed by atoms with E-state index in [9.17, 15) is 14.7 Å². The Kier molecular flexibility index (Phi) is 15.4. The quantitative estimate of drug-likeness (QED) is 0.197. The summed E-state index contributed by atoms with van der Waals surface area (Å²) in [7, 11) is 1.55. The molecule has 3 N–H and O–H groups in total. The van der Waals surface area contributed by atoms with Crippen molar-refractivity contribution in [3.8, 4) is 0 Å². The third kappa shape index (κ3) is 12.8. The van der Waals surface area contributed by atoms with Gasteiger partial charge in [-0.05, 0) is 49.8 Å². The first-order chi connectivity index (χ1) is 15.9. The maximum Gasteiger partial charge on any atom is 0.326 e. The highest BCUT2D eigenvalue weighted by Crippen LogP contribution is 2.17. The monoisotopic (exact) mass is 501 g/mol. The first-order valence-electron chi connectivity index (χ1n) is 11.3. The fraction of sp³-hybridized carbons (Fsp3) is 0.583. The number of carboxylic acids is 1. The molecule has 0 aliphatic heterocycles. The number of alkyl halides is 2. The molecule has 0 heterocycles. The molecule has 0 aliphatic rings. The molecular formula is C24H37Cl2N3O4. The van der Waals surface area contributed by atoms with Gasteiger partial charge in [-0.3, -0.25) is 4.79 Å². The largest absolute Gasteiger partial charge is 0.480 e. The van der Waals surface area contributed by atoms with Crippen molar-refractivity contribution in [1.82, 2.24) is 10.6 Å². The van der Waals surface area contributed by atoms with E-state index in [1.165, 1.54) is 0 Å². The highest BCUT2D eigenvalue weighted by Gasteiger charge is 2.17. The third-order valence-corrected chi connectivity index (χ3v) is 5.52. The van der Waals surface area contributed by atoms with Crippen molar-refractivity contribution >= 4 is 40.8 Å². The van der Waals surface area contributed by atoms with Crippen molar-refractivity contribution < 1.29 is 19.4 Å². The van der Waals surface area contributed by atoms with E-state index in [4.69, 9.17) is 27.9 Å². The van der Waals surface area contributed by atoms with Crippen molar-refractivity contribution in [2.75, 3.05) is 50.0 Å². The Morgan fingerprint density at radius 3 is 2.36 bits per heavy atom. The van der Waals surface area contributed by atoms with Gasteiger partial charge in [0.2, 0.25) is 5.91 Å². The Morgan fingerprint density at radius 2 is 1.79 bits per heavy atom. The molecule has 33 heavy (non-hydrogen) atoms. The molecule has 1 amide bonds.